The molecule has 0 aliphatic heterocycles. The van der Waals surface area contributed by atoms with E-state index in [2.05, 4.69) is 0 Å². The van der Waals surface area contributed by atoms with E-state index in [-0.39, 0.29) is 0 Å². The second-order valence-corrected chi connectivity index (χ2v) is 4.81. The van der Waals surface area contributed by atoms with Gasteiger partial charge in [0.1, 0.15) is 11.6 Å². The second kappa shape index (κ2) is 5.64. The molecule has 1 rings (SSSR count). The fourth-order valence-corrected chi connectivity index (χ4v) is 2.45. The van der Waals surface area contributed by atoms with Crippen LogP contribution in [0.2, 0.25) is 0 Å². The van der Waals surface area contributed by atoms with Crippen molar-refractivity contribution >= 4 is 11.8 Å². The summed E-state index contributed by atoms with van der Waals surface area (Å²) in [5.74, 6) is -0.731. The summed E-state index contributed by atoms with van der Waals surface area (Å²) >= 11 is 1.22. The number of rotatable bonds is 5. The SMILES string of the molecule is CCC(O)(CC)CSc1ccc(F)cc1F. The van der Waals surface area contributed by atoms with E-state index in [9.17, 15) is 13.9 Å². The van der Waals surface area contributed by atoms with Gasteiger partial charge in [-0.05, 0) is 25.0 Å². The van der Waals surface area contributed by atoms with Crippen molar-refractivity contribution in [2.75, 3.05) is 5.75 Å². The minimum absolute atomic E-state index is 0.377. The maximum atomic E-state index is 13.3. The molecule has 0 amide bonds. The van der Waals surface area contributed by atoms with Crippen molar-refractivity contribution in [1.82, 2.24) is 0 Å². The number of thioether (sulfide) groups is 1. The second-order valence-electron chi connectivity index (χ2n) is 3.79. The van der Waals surface area contributed by atoms with Crippen molar-refractivity contribution < 1.29 is 13.9 Å². The zero-order valence-corrected chi connectivity index (χ0v) is 10.3. The summed E-state index contributed by atoms with van der Waals surface area (Å²) < 4.78 is 25.9. The lowest BCUT2D eigenvalue weighted by atomic mass is 10.0. The Morgan fingerprint density at radius 1 is 1.25 bits per heavy atom. The maximum absolute atomic E-state index is 13.3. The maximum Gasteiger partial charge on any atom is 0.139 e. The first-order chi connectivity index (χ1) is 7.50. The molecular formula is C12H16F2OS. The summed E-state index contributed by atoms with van der Waals surface area (Å²) in [6.07, 6.45) is 1.25. The van der Waals surface area contributed by atoms with Gasteiger partial charge in [0.2, 0.25) is 0 Å². The first-order valence-corrected chi connectivity index (χ1v) is 6.29. The Labute approximate surface area is 98.9 Å². The molecule has 0 bridgehead atoms. The summed E-state index contributed by atoms with van der Waals surface area (Å²) in [5, 5.41) is 10.0. The topological polar surface area (TPSA) is 20.2 Å². The number of benzene rings is 1. The molecule has 0 fully saturated rings. The van der Waals surface area contributed by atoms with Crippen molar-refractivity contribution in [3.63, 3.8) is 0 Å². The van der Waals surface area contributed by atoms with Crippen molar-refractivity contribution in [3.8, 4) is 0 Å². The highest BCUT2D eigenvalue weighted by Gasteiger charge is 2.22. The zero-order chi connectivity index (χ0) is 12.2. The van der Waals surface area contributed by atoms with Crippen LogP contribution in [-0.2, 0) is 0 Å². The monoisotopic (exact) mass is 246 g/mol. The van der Waals surface area contributed by atoms with Gasteiger partial charge >= 0.3 is 0 Å². The van der Waals surface area contributed by atoms with Gasteiger partial charge < -0.3 is 5.11 Å². The van der Waals surface area contributed by atoms with Crippen LogP contribution in [0.25, 0.3) is 0 Å². The van der Waals surface area contributed by atoms with Crippen LogP contribution in [-0.4, -0.2) is 16.5 Å². The smallest absolute Gasteiger partial charge is 0.139 e. The normalized spacial score (nSPS) is 11.8. The first-order valence-electron chi connectivity index (χ1n) is 5.31. The van der Waals surface area contributed by atoms with Crippen LogP contribution in [0.1, 0.15) is 26.7 Å². The van der Waals surface area contributed by atoms with Crippen LogP contribution in [0.5, 0.6) is 0 Å². The van der Waals surface area contributed by atoms with Gasteiger partial charge in [-0.15, -0.1) is 11.8 Å². The summed E-state index contributed by atoms with van der Waals surface area (Å²) in [7, 11) is 0. The summed E-state index contributed by atoms with van der Waals surface area (Å²) in [6, 6.07) is 3.49. The molecule has 0 aliphatic carbocycles. The van der Waals surface area contributed by atoms with Gasteiger partial charge in [-0.25, -0.2) is 8.78 Å². The molecule has 0 spiro atoms. The predicted molar refractivity (Wildman–Crippen MR) is 62.6 cm³/mol. The molecule has 1 aromatic rings. The van der Waals surface area contributed by atoms with E-state index in [4.69, 9.17) is 0 Å². The van der Waals surface area contributed by atoms with Gasteiger partial charge in [0.25, 0.3) is 0 Å². The quantitative estimate of drug-likeness (QED) is 0.801. The Bertz CT molecular complexity index is 351. The van der Waals surface area contributed by atoms with Crippen molar-refractivity contribution in [3.05, 3.63) is 29.8 Å². The van der Waals surface area contributed by atoms with E-state index in [1.165, 1.54) is 23.9 Å². The van der Waals surface area contributed by atoms with Crippen LogP contribution in [0, 0.1) is 11.6 Å². The molecule has 0 saturated carbocycles. The lowest BCUT2D eigenvalue weighted by Gasteiger charge is -2.24. The standard InChI is InChI=1S/C12H16F2OS/c1-3-12(15,4-2)8-16-11-6-5-9(13)7-10(11)14/h5-7,15H,3-4,8H2,1-2H3. The van der Waals surface area contributed by atoms with Crippen LogP contribution in [0.3, 0.4) is 0 Å². The molecule has 16 heavy (non-hydrogen) atoms. The molecule has 90 valence electrons. The summed E-state index contributed by atoms with van der Waals surface area (Å²) in [6.45, 7) is 3.79. The molecule has 0 heterocycles. The fourth-order valence-electron chi connectivity index (χ4n) is 1.26. The Balaban J connectivity index is 2.67. The highest BCUT2D eigenvalue weighted by Crippen LogP contribution is 2.28. The Hall–Kier alpha value is -0.610. The molecule has 1 nitrogen and oxygen atoms in total. The van der Waals surface area contributed by atoms with Crippen molar-refractivity contribution in [2.24, 2.45) is 0 Å². The summed E-state index contributed by atoms with van der Waals surface area (Å²) in [4.78, 5) is 0.377. The van der Waals surface area contributed by atoms with Crippen molar-refractivity contribution in [1.29, 1.82) is 0 Å². The average molecular weight is 246 g/mol. The third-order valence-electron chi connectivity index (χ3n) is 2.71. The zero-order valence-electron chi connectivity index (χ0n) is 9.46. The third kappa shape index (κ3) is 3.46. The molecule has 0 radical (unpaired) electrons. The molecule has 1 N–H and O–H groups in total. The molecule has 0 saturated heterocycles. The summed E-state index contributed by atoms with van der Waals surface area (Å²) in [5.41, 5.74) is -0.772. The number of aliphatic hydroxyl groups is 1. The van der Waals surface area contributed by atoms with E-state index < -0.39 is 17.2 Å². The van der Waals surface area contributed by atoms with E-state index in [0.717, 1.165) is 6.07 Å². The van der Waals surface area contributed by atoms with Gasteiger partial charge in [-0.1, -0.05) is 13.8 Å². The van der Waals surface area contributed by atoms with Crippen molar-refractivity contribution in [2.45, 2.75) is 37.2 Å². The first kappa shape index (κ1) is 13.5. The van der Waals surface area contributed by atoms with Gasteiger partial charge in [0, 0.05) is 16.7 Å². The molecular weight excluding hydrogens is 230 g/mol. The molecule has 0 unspecified atom stereocenters. The Morgan fingerprint density at radius 3 is 2.38 bits per heavy atom. The Morgan fingerprint density at radius 2 is 1.88 bits per heavy atom. The van der Waals surface area contributed by atoms with E-state index in [0.29, 0.717) is 23.5 Å². The molecule has 1 aromatic carbocycles. The third-order valence-corrected chi connectivity index (χ3v) is 4.03. The molecule has 0 aromatic heterocycles. The predicted octanol–water partition coefficient (Wildman–Crippen LogP) is 3.61. The fraction of sp³-hybridized carbons (Fsp3) is 0.500. The highest BCUT2D eigenvalue weighted by molar-refractivity contribution is 7.99. The number of hydrogen-bond donors (Lipinski definition) is 1. The largest absolute Gasteiger partial charge is 0.389 e. The van der Waals surface area contributed by atoms with Crippen LogP contribution in [0.15, 0.2) is 23.1 Å². The van der Waals surface area contributed by atoms with Crippen LogP contribution < -0.4 is 0 Å². The molecule has 0 atom stereocenters. The minimum Gasteiger partial charge on any atom is -0.389 e. The lowest BCUT2D eigenvalue weighted by Crippen LogP contribution is -2.29. The molecule has 4 heteroatoms. The van der Waals surface area contributed by atoms with Gasteiger partial charge in [-0.2, -0.15) is 0 Å². The lowest BCUT2D eigenvalue weighted by molar-refractivity contribution is 0.0572. The number of halogens is 2. The average Bonchev–Trinajstić information content (AvgIpc) is 2.27. The van der Waals surface area contributed by atoms with Crippen LogP contribution in [0.4, 0.5) is 8.78 Å². The van der Waals surface area contributed by atoms with Crippen LogP contribution >= 0.6 is 11.8 Å². The van der Waals surface area contributed by atoms with E-state index in [1.54, 1.807) is 0 Å². The minimum atomic E-state index is -0.772. The Kier molecular flexibility index (Phi) is 4.74. The van der Waals surface area contributed by atoms with Gasteiger partial charge in [-0.3, -0.25) is 0 Å². The van der Waals surface area contributed by atoms with Gasteiger partial charge in [0.15, 0.2) is 0 Å². The molecule has 0 aliphatic rings. The van der Waals surface area contributed by atoms with E-state index in [1.807, 2.05) is 13.8 Å². The number of hydrogen-bond acceptors (Lipinski definition) is 2. The van der Waals surface area contributed by atoms with E-state index >= 15 is 0 Å². The van der Waals surface area contributed by atoms with Gasteiger partial charge in [0.05, 0.1) is 5.60 Å². The highest BCUT2D eigenvalue weighted by atomic mass is 32.2.